The van der Waals surface area contributed by atoms with Crippen LogP contribution in [0.2, 0.25) is 0 Å². The minimum Gasteiger partial charge on any atom is -0.393 e. The van der Waals surface area contributed by atoms with Crippen molar-refractivity contribution in [3.05, 3.63) is 11.6 Å². The SMILES string of the molecule is C#C[C@@H]1CC2C3CC=C4C[C@@H](O)CC[C@]4(C)C3CC[C@]2(C)[C@H]1O. The van der Waals surface area contributed by atoms with Crippen LogP contribution in [-0.2, 0) is 0 Å². The second-order valence-corrected chi connectivity index (χ2v) is 9.15. The molecule has 4 aliphatic carbocycles. The monoisotopic (exact) mass is 314 g/mol. The van der Waals surface area contributed by atoms with Gasteiger partial charge in [-0.15, -0.1) is 12.3 Å². The summed E-state index contributed by atoms with van der Waals surface area (Å²) < 4.78 is 0. The number of hydrogen-bond acceptors (Lipinski definition) is 2. The van der Waals surface area contributed by atoms with Crippen LogP contribution in [-0.4, -0.2) is 22.4 Å². The van der Waals surface area contributed by atoms with Gasteiger partial charge in [-0.3, -0.25) is 0 Å². The molecule has 23 heavy (non-hydrogen) atoms. The number of hydrogen-bond donors (Lipinski definition) is 2. The Balaban J connectivity index is 1.68. The van der Waals surface area contributed by atoms with E-state index in [9.17, 15) is 10.2 Å². The van der Waals surface area contributed by atoms with Gasteiger partial charge in [0.05, 0.1) is 12.2 Å². The molecule has 3 fully saturated rings. The van der Waals surface area contributed by atoms with Crippen LogP contribution < -0.4 is 0 Å². The Labute approximate surface area is 140 Å². The summed E-state index contributed by atoms with van der Waals surface area (Å²) in [5.41, 5.74) is 1.78. The number of fused-ring (bicyclic) bond motifs is 5. The Morgan fingerprint density at radius 1 is 1.17 bits per heavy atom. The van der Waals surface area contributed by atoms with Crippen molar-refractivity contribution in [2.45, 2.75) is 71.0 Å². The first-order chi connectivity index (χ1) is 10.9. The zero-order valence-corrected chi connectivity index (χ0v) is 14.5. The molecule has 3 saturated carbocycles. The Hall–Kier alpha value is -0.780. The van der Waals surface area contributed by atoms with E-state index in [0.717, 1.165) is 38.5 Å². The molecule has 8 atom stereocenters. The molecule has 0 aromatic rings. The van der Waals surface area contributed by atoms with Crippen molar-refractivity contribution in [2.24, 2.45) is 34.5 Å². The lowest BCUT2D eigenvalue weighted by atomic mass is 9.48. The fourth-order valence-electron chi connectivity index (χ4n) is 6.82. The third-order valence-corrected chi connectivity index (χ3v) is 8.29. The highest BCUT2D eigenvalue weighted by Gasteiger charge is 2.60. The fraction of sp³-hybridized carbons (Fsp3) is 0.810. The van der Waals surface area contributed by atoms with E-state index in [1.54, 1.807) is 0 Å². The summed E-state index contributed by atoms with van der Waals surface area (Å²) in [5.74, 6) is 4.82. The topological polar surface area (TPSA) is 40.5 Å². The van der Waals surface area contributed by atoms with Gasteiger partial charge in [0.15, 0.2) is 0 Å². The molecule has 0 spiro atoms. The highest BCUT2D eigenvalue weighted by atomic mass is 16.3. The Bertz CT molecular complexity index is 573. The van der Waals surface area contributed by atoms with Crippen molar-refractivity contribution in [2.75, 3.05) is 0 Å². The Morgan fingerprint density at radius 3 is 2.70 bits per heavy atom. The Kier molecular flexibility index (Phi) is 3.49. The van der Waals surface area contributed by atoms with Crippen LogP contribution in [0, 0.1) is 46.8 Å². The first-order valence-corrected chi connectivity index (χ1v) is 9.42. The summed E-state index contributed by atoms with van der Waals surface area (Å²) in [6.07, 6.45) is 15.0. The number of aliphatic hydroxyl groups is 2. The normalized spacial score (nSPS) is 55.2. The second-order valence-electron chi connectivity index (χ2n) is 9.15. The molecule has 0 aromatic heterocycles. The maximum absolute atomic E-state index is 10.8. The van der Waals surface area contributed by atoms with E-state index in [4.69, 9.17) is 6.42 Å². The van der Waals surface area contributed by atoms with Crippen molar-refractivity contribution in [3.63, 3.8) is 0 Å². The zero-order valence-electron chi connectivity index (χ0n) is 14.5. The average molecular weight is 314 g/mol. The summed E-state index contributed by atoms with van der Waals surface area (Å²) >= 11 is 0. The van der Waals surface area contributed by atoms with Gasteiger partial charge in [0.2, 0.25) is 0 Å². The van der Waals surface area contributed by atoms with Crippen LogP contribution in [0.15, 0.2) is 11.6 Å². The van der Waals surface area contributed by atoms with E-state index >= 15 is 0 Å². The van der Waals surface area contributed by atoms with Gasteiger partial charge in [-0.2, -0.15) is 0 Å². The smallest absolute Gasteiger partial charge is 0.0733 e. The molecule has 2 N–H and O–H groups in total. The van der Waals surface area contributed by atoms with Crippen molar-refractivity contribution in [1.82, 2.24) is 0 Å². The summed E-state index contributed by atoms with van der Waals surface area (Å²) in [4.78, 5) is 0. The number of aliphatic hydroxyl groups excluding tert-OH is 2. The molecule has 4 rings (SSSR count). The minimum atomic E-state index is -0.329. The van der Waals surface area contributed by atoms with Gasteiger partial charge in [0.1, 0.15) is 0 Å². The maximum atomic E-state index is 10.8. The molecule has 0 heterocycles. The lowest BCUT2D eigenvalue weighted by molar-refractivity contribution is -0.0732. The van der Waals surface area contributed by atoms with Crippen molar-refractivity contribution in [3.8, 4) is 12.3 Å². The number of rotatable bonds is 0. The molecule has 126 valence electrons. The quantitative estimate of drug-likeness (QED) is 0.530. The molecule has 2 heteroatoms. The third-order valence-electron chi connectivity index (χ3n) is 8.29. The standard InChI is InChI=1S/C21H30O2/c1-4-13-11-18-16-6-5-14-12-15(22)7-9-20(14,2)17(16)8-10-21(18,3)19(13)23/h1,5,13,15-19,22-23H,6-12H2,2-3H3/t13-,15+,16?,17?,18?,19+,20+,21+/m1/s1. The second kappa shape index (κ2) is 5.11. The molecule has 0 radical (unpaired) electrons. The van der Waals surface area contributed by atoms with Crippen LogP contribution in [0.5, 0.6) is 0 Å². The lowest BCUT2D eigenvalue weighted by Crippen LogP contribution is -2.51. The molecule has 0 bridgehead atoms. The predicted molar refractivity (Wildman–Crippen MR) is 91.4 cm³/mol. The van der Waals surface area contributed by atoms with E-state index in [2.05, 4.69) is 25.8 Å². The van der Waals surface area contributed by atoms with E-state index in [1.807, 2.05) is 0 Å². The molecular formula is C21H30O2. The molecule has 0 aromatic carbocycles. The molecule has 4 aliphatic rings. The van der Waals surface area contributed by atoms with Crippen LogP contribution >= 0.6 is 0 Å². The van der Waals surface area contributed by atoms with Crippen molar-refractivity contribution in [1.29, 1.82) is 0 Å². The van der Waals surface area contributed by atoms with Crippen LogP contribution in [0.3, 0.4) is 0 Å². The van der Waals surface area contributed by atoms with Crippen LogP contribution in [0.1, 0.15) is 58.8 Å². The van der Waals surface area contributed by atoms with Gasteiger partial charge in [0.25, 0.3) is 0 Å². The summed E-state index contributed by atoms with van der Waals surface area (Å²) in [6, 6.07) is 0. The number of allylic oxidation sites excluding steroid dienone is 1. The highest BCUT2D eigenvalue weighted by molar-refractivity contribution is 5.26. The predicted octanol–water partition coefficient (Wildman–Crippen LogP) is 3.53. The Morgan fingerprint density at radius 2 is 1.96 bits per heavy atom. The largest absolute Gasteiger partial charge is 0.393 e. The molecule has 0 saturated heterocycles. The average Bonchev–Trinajstić information content (AvgIpc) is 2.79. The third kappa shape index (κ3) is 2.02. The first kappa shape index (κ1) is 15.7. The van der Waals surface area contributed by atoms with E-state index < -0.39 is 0 Å². The lowest BCUT2D eigenvalue weighted by Gasteiger charge is -2.57. The van der Waals surface area contributed by atoms with E-state index in [1.165, 1.54) is 12.0 Å². The zero-order chi connectivity index (χ0) is 16.4. The van der Waals surface area contributed by atoms with Crippen molar-refractivity contribution < 1.29 is 10.2 Å². The van der Waals surface area contributed by atoms with Crippen LogP contribution in [0.4, 0.5) is 0 Å². The summed E-state index contributed by atoms with van der Waals surface area (Å²) in [7, 11) is 0. The maximum Gasteiger partial charge on any atom is 0.0733 e. The van der Waals surface area contributed by atoms with E-state index in [0.29, 0.717) is 17.8 Å². The highest BCUT2D eigenvalue weighted by Crippen LogP contribution is 2.65. The first-order valence-electron chi connectivity index (χ1n) is 9.42. The van der Waals surface area contributed by atoms with Gasteiger partial charge >= 0.3 is 0 Å². The summed E-state index contributed by atoms with van der Waals surface area (Å²) in [6.45, 7) is 4.72. The van der Waals surface area contributed by atoms with Crippen LogP contribution in [0.25, 0.3) is 0 Å². The molecule has 0 amide bonds. The van der Waals surface area contributed by atoms with Gasteiger partial charge in [0, 0.05) is 5.92 Å². The van der Waals surface area contributed by atoms with Gasteiger partial charge < -0.3 is 10.2 Å². The number of terminal acetylenes is 1. The van der Waals surface area contributed by atoms with Gasteiger partial charge in [-0.1, -0.05) is 25.5 Å². The van der Waals surface area contributed by atoms with Gasteiger partial charge in [-0.25, -0.2) is 0 Å². The minimum absolute atomic E-state index is 0.00802. The molecular weight excluding hydrogens is 284 g/mol. The molecule has 3 unspecified atom stereocenters. The fourth-order valence-corrected chi connectivity index (χ4v) is 6.82. The van der Waals surface area contributed by atoms with Gasteiger partial charge in [-0.05, 0) is 73.5 Å². The van der Waals surface area contributed by atoms with Crippen molar-refractivity contribution >= 4 is 0 Å². The van der Waals surface area contributed by atoms with E-state index in [-0.39, 0.29) is 29.0 Å². The molecule has 2 nitrogen and oxygen atoms in total. The summed E-state index contributed by atoms with van der Waals surface area (Å²) in [5, 5.41) is 20.8. The molecule has 0 aliphatic heterocycles.